The van der Waals surface area contributed by atoms with Gasteiger partial charge in [0.05, 0.1) is 35.3 Å². The van der Waals surface area contributed by atoms with Gasteiger partial charge < -0.3 is 24.5 Å². The van der Waals surface area contributed by atoms with E-state index >= 15 is 0 Å². The van der Waals surface area contributed by atoms with Gasteiger partial charge in [0, 0.05) is 37.8 Å². The molecule has 14 heteroatoms. The Morgan fingerprint density at radius 1 is 0.956 bits per heavy atom. The monoisotopic (exact) mass is 645 g/mol. The number of piperidine rings is 1. The first kappa shape index (κ1) is 34.6. The highest BCUT2D eigenvalue weighted by Crippen LogP contribution is 2.38. The Balaban J connectivity index is 1.74. The maximum Gasteiger partial charge on any atom is 0.416 e. The SMILES string of the molecule is CCC1CC(N(Cc2cc(C(F)(F)F)cc(C(F)(F)F)c2)c2ncc(N3CCC(O)C3)cn2)C[C@@H](CC)N1C(=O)OC(C)(C)C. The number of aliphatic hydroxyl groups excluding tert-OH is 1. The summed E-state index contributed by atoms with van der Waals surface area (Å²) in [5.41, 5.74) is -3.06. The number of rotatable bonds is 7. The maximum absolute atomic E-state index is 13.7. The molecule has 250 valence electrons. The fourth-order valence-electron chi connectivity index (χ4n) is 6.12. The van der Waals surface area contributed by atoms with Crippen molar-refractivity contribution in [1.29, 1.82) is 0 Å². The van der Waals surface area contributed by atoms with Gasteiger partial charge in [-0.1, -0.05) is 13.8 Å². The Labute approximate surface area is 259 Å². The van der Waals surface area contributed by atoms with Crippen molar-refractivity contribution in [1.82, 2.24) is 14.9 Å². The molecule has 0 saturated carbocycles. The molecule has 2 aliphatic heterocycles. The highest BCUT2D eigenvalue weighted by molar-refractivity contribution is 5.69. The Morgan fingerprint density at radius 3 is 1.91 bits per heavy atom. The molecular weight excluding hydrogens is 604 g/mol. The van der Waals surface area contributed by atoms with Gasteiger partial charge >= 0.3 is 18.4 Å². The number of nitrogens with zero attached hydrogens (tertiary/aromatic N) is 5. The Hall–Kier alpha value is -3.29. The molecule has 1 N–H and O–H groups in total. The standard InChI is InChI=1S/C31H41F6N5O3/c1-6-22-13-24(14-23(7-2)42(22)28(44)45-29(3,4)5)41(27-38-15-25(16-39-27)40-9-8-26(43)18-40)17-19-10-20(30(32,33)34)12-21(11-19)31(35,36)37/h10-12,15-16,22-24,26,43H,6-9,13-14,17-18H2,1-5H3/t22-,23?,24?,26?/m1/s1. The van der Waals surface area contributed by atoms with Gasteiger partial charge in [-0.25, -0.2) is 14.8 Å². The van der Waals surface area contributed by atoms with E-state index in [0.29, 0.717) is 50.9 Å². The van der Waals surface area contributed by atoms with Gasteiger partial charge in [0.15, 0.2) is 0 Å². The number of carbonyl (C=O) groups excluding carboxylic acids is 1. The van der Waals surface area contributed by atoms with Crippen LogP contribution in [-0.2, 0) is 23.6 Å². The van der Waals surface area contributed by atoms with Crippen molar-refractivity contribution in [3.05, 3.63) is 47.3 Å². The minimum atomic E-state index is -4.99. The molecule has 1 aromatic carbocycles. The van der Waals surface area contributed by atoms with E-state index in [9.17, 15) is 36.2 Å². The van der Waals surface area contributed by atoms with Gasteiger partial charge in [-0.2, -0.15) is 26.3 Å². The van der Waals surface area contributed by atoms with Crippen LogP contribution in [0.15, 0.2) is 30.6 Å². The molecule has 3 heterocycles. The number of alkyl halides is 6. The van der Waals surface area contributed by atoms with Gasteiger partial charge in [0.1, 0.15) is 5.60 Å². The fraction of sp³-hybridized carbons (Fsp3) is 0.645. The van der Waals surface area contributed by atoms with E-state index in [4.69, 9.17) is 4.74 Å². The molecule has 0 bridgehead atoms. The molecule has 45 heavy (non-hydrogen) atoms. The van der Waals surface area contributed by atoms with Crippen LogP contribution in [0.25, 0.3) is 0 Å². The molecule has 0 aliphatic carbocycles. The van der Waals surface area contributed by atoms with E-state index in [1.165, 1.54) is 0 Å². The molecule has 1 amide bonds. The molecular formula is C31H41F6N5O3. The van der Waals surface area contributed by atoms with E-state index in [1.54, 1.807) is 43.0 Å². The van der Waals surface area contributed by atoms with Crippen LogP contribution in [-0.4, -0.2) is 69.0 Å². The molecule has 2 aromatic rings. The lowest BCUT2D eigenvalue weighted by Crippen LogP contribution is -2.57. The van der Waals surface area contributed by atoms with Gasteiger partial charge in [0.2, 0.25) is 5.95 Å². The van der Waals surface area contributed by atoms with Crippen LogP contribution in [0.3, 0.4) is 0 Å². The number of β-amino-alcohol motifs (C(OH)–C–C–N with tert-alkyl or cyclic N) is 1. The van der Waals surface area contributed by atoms with Crippen molar-refractivity contribution in [2.45, 2.75) is 115 Å². The lowest BCUT2D eigenvalue weighted by atomic mass is 9.87. The smallest absolute Gasteiger partial charge is 0.416 e. The van der Waals surface area contributed by atoms with E-state index in [1.807, 2.05) is 18.7 Å². The predicted octanol–water partition coefficient (Wildman–Crippen LogP) is 7.05. The summed E-state index contributed by atoms with van der Waals surface area (Å²) in [4.78, 5) is 27.6. The topological polar surface area (TPSA) is 82.0 Å². The van der Waals surface area contributed by atoms with E-state index < -0.39 is 47.3 Å². The molecule has 2 aliphatic rings. The third-order valence-electron chi connectivity index (χ3n) is 8.27. The highest BCUT2D eigenvalue weighted by atomic mass is 19.4. The molecule has 2 saturated heterocycles. The first-order chi connectivity index (χ1) is 20.9. The van der Waals surface area contributed by atoms with Crippen molar-refractivity contribution < 1.29 is 41.0 Å². The maximum atomic E-state index is 13.7. The fourth-order valence-corrected chi connectivity index (χ4v) is 6.12. The summed E-state index contributed by atoms with van der Waals surface area (Å²) in [6.45, 7) is 9.83. The molecule has 3 unspecified atom stereocenters. The van der Waals surface area contributed by atoms with E-state index in [-0.39, 0.29) is 36.2 Å². The van der Waals surface area contributed by atoms with Crippen LogP contribution < -0.4 is 9.80 Å². The number of anilines is 2. The Morgan fingerprint density at radius 2 is 1.49 bits per heavy atom. The summed E-state index contributed by atoms with van der Waals surface area (Å²) in [6.07, 6.45) is -5.39. The summed E-state index contributed by atoms with van der Waals surface area (Å²) in [7, 11) is 0. The van der Waals surface area contributed by atoms with Crippen LogP contribution in [0.5, 0.6) is 0 Å². The van der Waals surface area contributed by atoms with Gasteiger partial charge in [0.25, 0.3) is 0 Å². The average Bonchev–Trinajstić information content (AvgIpc) is 3.39. The summed E-state index contributed by atoms with van der Waals surface area (Å²) in [5.74, 6) is 0.143. The quantitative estimate of drug-likeness (QED) is 0.323. The van der Waals surface area contributed by atoms with Crippen LogP contribution >= 0.6 is 0 Å². The minimum absolute atomic E-state index is 0.114. The van der Waals surface area contributed by atoms with Gasteiger partial charge in [-0.15, -0.1) is 0 Å². The van der Waals surface area contributed by atoms with Crippen molar-refractivity contribution in [3.8, 4) is 0 Å². The summed E-state index contributed by atoms with van der Waals surface area (Å²) >= 11 is 0. The first-order valence-corrected chi connectivity index (χ1v) is 15.2. The van der Waals surface area contributed by atoms with Crippen molar-refractivity contribution in [2.75, 3.05) is 22.9 Å². The van der Waals surface area contributed by atoms with Crippen molar-refractivity contribution >= 4 is 17.7 Å². The summed E-state index contributed by atoms with van der Waals surface area (Å²) in [6, 6.07) is 0.553. The highest BCUT2D eigenvalue weighted by Gasteiger charge is 2.42. The third-order valence-corrected chi connectivity index (χ3v) is 8.27. The molecule has 0 spiro atoms. The summed E-state index contributed by atoms with van der Waals surface area (Å²) < 4.78 is 88.0. The van der Waals surface area contributed by atoms with E-state index in [2.05, 4.69) is 9.97 Å². The number of aliphatic hydroxyl groups is 1. The lowest BCUT2D eigenvalue weighted by Gasteiger charge is -2.48. The second-order valence-electron chi connectivity index (χ2n) is 12.8. The second-order valence-corrected chi connectivity index (χ2v) is 12.8. The largest absolute Gasteiger partial charge is 0.444 e. The Kier molecular flexibility index (Phi) is 10.2. The number of hydrogen-bond donors (Lipinski definition) is 1. The minimum Gasteiger partial charge on any atom is -0.444 e. The van der Waals surface area contributed by atoms with E-state index in [0.717, 1.165) is 12.1 Å². The zero-order chi connectivity index (χ0) is 33.3. The zero-order valence-corrected chi connectivity index (χ0v) is 26.1. The zero-order valence-electron chi connectivity index (χ0n) is 26.1. The van der Waals surface area contributed by atoms with Crippen molar-refractivity contribution in [3.63, 3.8) is 0 Å². The average molecular weight is 646 g/mol. The number of aromatic nitrogens is 2. The number of benzene rings is 1. The third kappa shape index (κ3) is 8.50. The number of carbonyl (C=O) groups is 1. The lowest BCUT2D eigenvalue weighted by molar-refractivity contribution is -0.143. The predicted molar refractivity (Wildman–Crippen MR) is 157 cm³/mol. The van der Waals surface area contributed by atoms with Gasteiger partial charge in [-0.05, 0) is 76.6 Å². The second kappa shape index (κ2) is 13.2. The molecule has 1 aromatic heterocycles. The van der Waals surface area contributed by atoms with Gasteiger partial charge in [-0.3, -0.25) is 0 Å². The molecule has 8 nitrogen and oxygen atoms in total. The molecule has 4 rings (SSSR count). The number of hydrogen-bond acceptors (Lipinski definition) is 7. The van der Waals surface area contributed by atoms with Crippen LogP contribution in [0, 0.1) is 0 Å². The van der Waals surface area contributed by atoms with Crippen LogP contribution in [0.4, 0.5) is 42.8 Å². The van der Waals surface area contributed by atoms with Crippen LogP contribution in [0.2, 0.25) is 0 Å². The number of ether oxygens (including phenoxy) is 1. The Bertz CT molecular complexity index is 1270. The number of likely N-dealkylation sites (tertiary alicyclic amines) is 1. The first-order valence-electron chi connectivity index (χ1n) is 15.2. The van der Waals surface area contributed by atoms with Crippen LogP contribution in [0.1, 0.15) is 83.4 Å². The molecule has 0 radical (unpaired) electrons. The molecule has 4 atom stereocenters. The summed E-state index contributed by atoms with van der Waals surface area (Å²) in [5, 5.41) is 9.93. The normalized spacial score (nSPS) is 22.9. The van der Waals surface area contributed by atoms with Crippen molar-refractivity contribution in [2.24, 2.45) is 0 Å². The molecule has 2 fully saturated rings. The number of halogens is 6. The number of amides is 1.